The van der Waals surface area contributed by atoms with Crippen molar-refractivity contribution in [1.29, 1.82) is 0 Å². The first-order chi connectivity index (χ1) is 9.63. The Labute approximate surface area is 117 Å². The van der Waals surface area contributed by atoms with E-state index in [0.29, 0.717) is 0 Å². The maximum absolute atomic E-state index is 13.5. The Balaban J connectivity index is 2.47. The summed E-state index contributed by atoms with van der Waals surface area (Å²) < 4.78 is 26.9. The minimum absolute atomic E-state index is 0.0923. The molecule has 1 aromatic heterocycles. The van der Waals surface area contributed by atoms with E-state index in [1.807, 2.05) is 0 Å². The van der Waals surface area contributed by atoms with Crippen LogP contribution < -0.4 is 0 Å². The second kappa shape index (κ2) is 6.10. The standard InChI is InChI=1S/C12H6ClF2N5/c13-8-2-1-3-9(14)12(8)18-5-7-4-17-6-10(15)11(7)19-20-16/h1-6H/b18-5+. The highest BCUT2D eigenvalue weighted by atomic mass is 35.5. The Morgan fingerprint density at radius 3 is 2.70 bits per heavy atom. The van der Waals surface area contributed by atoms with Crippen LogP contribution in [0.15, 0.2) is 40.7 Å². The third kappa shape index (κ3) is 2.90. The molecule has 20 heavy (non-hydrogen) atoms. The predicted octanol–water partition coefficient (Wildman–Crippen LogP) is 4.71. The van der Waals surface area contributed by atoms with Crippen molar-refractivity contribution < 1.29 is 8.78 Å². The fourth-order valence-electron chi connectivity index (χ4n) is 1.43. The van der Waals surface area contributed by atoms with Gasteiger partial charge in [-0.1, -0.05) is 22.8 Å². The topological polar surface area (TPSA) is 74.0 Å². The van der Waals surface area contributed by atoms with E-state index in [9.17, 15) is 8.78 Å². The highest BCUT2D eigenvalue weighted by Crippen LogP contribution is 2.28. The van der Waals surface area contributed by atoms with E-state index in [1.54, 1.807) is 0 Å². The minimum atomic E-state index is -0.800. The molecule has 2 aromatic rings. The number of halogens is 3. The molecule has 0 unspecified atom stereocenters. The number of benzene rings is 1. The number of aromatic nitrogens is 1. The van der Waals surface area contributed by atoms with Crippen LogP contribution in [-0.4, -0.2) is 11.2 Å². The number of hydrogen-bond donors (Lipinski definition) is 0. The lowest BCUT2D eigenvalue weighted by atomic mass is 10.2. The van der Waals surface area contributed by atoms with Gasteiger partial charge in [0, 0.05) is 22.9 Å². The Morgan fingerprint density at radius 1 is 1.20 bits per heavy atom. The van der Waals surface area contributed by atoms with Crippen LogP contribution in [0.3, 0.4) is 0 Å². The fraction of sp³-hybridized carbons (Fsp3) is 0. The number of pyridine rings is 1. The molecule has 0 atom stereocenters. The summed E-state index contributed by atoms with van der Waals surface area (Å²) in [5.74, 6) is -1.42. The lowest BCUT2D eigenvalue weighted by Gasteiger charge is -2.01. The minimum Gasteiger partial charge on any atom is -0.261 e. The fourth-order valence-corrected chi connectivity index (χ4v) is 1.65. The van der Waals surface area contributed by atoms with E-state index < -0.39 is 11.6 Å². The van der Waals surface area contributed by atoms with Gasteiger partial charge in [0.2, 0.25) is 0 Å². The number of azide groups is 1. The summed E-state index contributed by atoms with van der Waals surface area (Å²) in [6, 6.07) is 4.10. The normalized spacial score (nSPS) is 10.6. The van der Waals surface area contributed by atoms with Crippen LogP contribution in [0.5, 0.6) is 0 Å². The molecular formula is C12H6ClF2N5. The van der Waals surface area contributed by atoms with Crippen LogP contribution in [0, 0.1) is 11.6 Å². The van der Waals surface area contributed by atoms with Crippen molar-refractivity contribution in [3.63, 3.8) is 0 Å². The van der Waals surface area contributed by atoms with Crippen molar-refractivity contribution >= 4 is 29.2 Å². The molecule has 1 heterocycles. The van der Waals surface area contributed by atoms with Crippen LogP contribution in [0.4, 0.5) is 20.2 Å². The van der Waals surface area contributed by atoms with E-state index >= 15 is 0 Å². The first kappa shape index (κ1) is 13.9. The molecule has 0 bridgehead atoms. The summed E-state index contributed by atoms with van der Waals surface area (Å²) >= 11 is 5.80. The highest BCUT2D eigenvalue weighted by molar-refractivity contribution is 6.33. The summed E-state index contributed by atoms with van der Waals surface area (Å²) in [6.45, 7) is 0. The molecule has 0 saturated heterocycles. The number of hydrogen-bond acceptors (Lipinski definition) is 3. The van der Waals surface area contributed by atoms with Gasteiger partial charge in [-0.2, -0.15) is 0 Å². The van der Waals surface area contributed by atoms with Crippen LogP contribution in [0.2, 0.25) is 5.02 Å². The highest BCUT2D eigenvalue weighted by Gasteiger charge is 2.07. The molecule has 0 aliphatic carbocycles. The van der Waals surface area contributed by atoms with Gasteiger partial charge in [-0.3, -0.25) is 9.98 Å². The molecule has 100 valence electrons. The van der Waals surface area contributed by atoms with E-state index in [0.717, 1.165) is 12.4 Å². The van der Waals surface area contributed by atoms with Gasteiger partial charge < -0.3 is 0 Å². The molecule has 1 aromatic carbocycles. The Bertz CT molecular complexity index is 706. The third-order valence-corrected chi connectivity index (χ3v) is 2.62. The van der Waals surface area contributed by atoms with E-state index in [2.05, 4.69) is 20.0 Å². The van der Waals surface area contributed by atoms with Crippen molar-refractivity contribution in [2.45, 2.75) is 0 Å². The van der Waals surface area contributed by atoms with Gasteiger partial charge in [0.15, 0.2) is 5.82 Å². The van der Waals surface area contributed by atoms with Crippen molar-refractivity contribution in [3.8, 4) is 0 Å². The lowest BCUT2D eigenvalue weighted by molar-refractivity contribution is 0.623. The average molecular weight is 294 g/mol. The molecular weight excluding hydrogens is 288 g/mol. The molecule has 2 rings (SSSR count). The number of aliphatic imine (C=N–C) groups is 1. The monoisotopic (exact) mass is 293 g/mol. The maximum atomic E-state index is 13.5. The zero-order valence-electron chi connectivity index (χ0n) is 9.83. The average Bonchev–Trinajstić information content (AvgIpc) is 2.42. The summed E-state index contributed by atoms with van der Waals surface area (Å²) in [7, 11) is 0. The molecule has 0 radical (unpaired) electrons. The lowest BCUT2D eigenvalue weighted by Crippen LogP contribution is -1.89. The zero-order chi connectivity index (χ0) is 14.5. The molecule has 0 saturated carbocycles. The van der Waals surface area contributed by atoms with Crippen molar-refractivity contribution in [2.75, 3.05) is 0 Å². The zero-order valence-corrected chi connectivity index (χ0v) is 10.6. The van der Waals surface area contributed by atoms with Gasteiger partial charge in [-0.15, -0.1) is 0 Å². The van der Waals surface area contributed by atoms with Crippen molar-refractivity contribution in [2.24, 2.45) is 10.1 Å². The second-order valence-corrected chi connectivity index (χ2v) is 3.98. The number of rotatable bonds is 3. The van der Waals surface area contributed by atoms with E-state index in [1.165, 1.54) is 24.4 Å². The van der Waals surface area contributed by atoms with Gasteiger partial charge >= 0.3 is 0 Å². The Hall–Kier alpha value is -2.50. The van der Waals surface area contributed by atoms with E-state index in [4.69, 9.17) is 17.1 Å². The molecule has 0 aliphatic heterocycles. The van der Waals surface area contributed by atoms with Crippen LogP contribution in [-0.2, 0) is 0 Å². The van der Waals surface area contributed by atoms with Gasteiger partial charge in [0.1, 0.15) is 11.5 Å². The van der Waals surface area contributed by atoms with Crippen molar-refractivity contribution in [1.82, 2.24) is 4.98 Å². The molecule has 5 nitrogen and oxygen atoms in total. The summed E-state index contributed by atoms with van der Waals surface area (Å²) in [5, 5.41) is 3.32. The van der Waals surface area contributed by atoms with Gasteiger partial charge in [0.25, 0.3) is 0 Å². The van der Waals surface area contributed by atoms with E-state index in [-0.39, 0.29) is 22.0 Å². The SMILES string of the molecule is [N-]=[N+]=Nc1c(F)cncc1/C=N/c1c(F)cccc1Cl. The smallest absolute Gasteiger partial charge is 0.151 e. The molecule has 0 N–H and O–H groups in total. The predicted molar refractivity (Wildman–Crippen MR) is 71.7 cm³/mol. The largest absolute Gasteiger partial charge is 0.261 e. The van der Waals surface area contributed by atoms with Crippen LogP contribution >= 0.6 is 11.6 Å². The maximum Gasteiger partial charge on any atom is 0.151 e. The van der Waals surface area contributed by atoms with Crippen LogP contribution in [0.25, 0.3) is 10.4 Å². The molecule has 0 fully saturated rings. The molecule has 8 heteroatoms. The Kier molecular flexibility index (Phi) is 4.24. The van der Waals surface area contributed by atoms with Crippen LogP contribution in [0.1, 0.15) is 5.56 Å². The van der Waals surface area contributed by atoms with Gasteiger partial charge in [0.05, 0.1) is 16.9 Å². The number of nitrogens with zero attached hydrogens (tertiary/aromatic N) is 5. The molecule has 0 aliphatic rings. The van der Waals surface area contributed by atoms with Gasteiger partial charge in [-0.05, 0) is 17.7 Å². The first-order valence-corrected chi connectivity index (χ1v) is 5.68. The second-order valence-electron chi connectivity index (χ2n) is 3.58. The first-order valence-electron chi connectivity index (χ1n) is 5.30. The number of para-hydroxylation sites is 1. The van der Waals surface area contributed by atoms with Gasteiger partial charge in [-0.25, -0.2) is 8.78 Å². The third-order valence-electron chi connectivity index (χ3n) is 2.32. The van der Waals surface area contributed by atoms with Crippen molar-refractivity contribution in [3.05, 3.63) is 63.3 Å². The summed E-state index contributed by atoms with van der Waals surface area (Å²) in [5.41, 5.74) is 8.14. The Morgan fingerprint density at radius 2 is 2.00 bits per heavy atom. The molecule has 0 spiro atoms. The summed E-state index contributed by atoms with van der Waals surface area (Å²) in [4.78, 5) is 9.96. The quantitative estimate of drug-likeness (QED) is 0.349. The molecule has 0 amide bonds. The summed E-state index contributed by atoms with van der Waals surface area (Å²) in [6.07, 6.45) is 3.27.